The largest absolute Gasteiger partial charge is 0.492 e. The van der Waals surface area contributed by atoms with Gasteiger partial charge in [-0.05, 0) is 36.2 Å². The van der Waals surface area contributed by atoms with Crippen LogP contribution in [0.2, 0.25) is 5.02 Å². The van der Waals surface area contributed by atoms with Gasteiger partial charge >= 0.3 is 0 Å². The van der Waals surface area contributed by atoms with Crippen LogP contribution in [0.15, 0.2) is 71.5 Å². The molecule has 0 unspecified atom stereocenters. The van der Waals surface area contributed by atoms with Gasteiger partial charge in [0, 0.05) is 29.4 Å². The molecule has 1 aliphatic rings. The summed E-state index contributed by atoms with van der Waals surface area (Å²) in [6.07, 6.45) is 6.76. The fourth-order valence-electron chi connectivity index (χ4n) is 2.86. The molecule has 0 amide bonds. The number of para-hydroxylation sites is 1. The highest BCUT2D eigenvalue weighted by Crippen LogP contribution is 2.34. The number of amidine groups is 1. The number of nitrogens with zero attached hydrogens (tertiary/aromatic N) is 1. The van der Waals surface area contributed by atoms with E-state index in [4.69, 9.17) is 21.1 Å². The predicted molar refractivity (Wildman–Crippen MR) is 116 cm³/mol. The predicted octanol–water partition coefficient (Wildman–Crippen LogP) is 5.31. The van der Waals surface area contributed by atoms with E-state index in [1.165, 1.54) is 7.11 Å². The number of carbonyl (C=O) groups excluding carboxylic acids is 1. The third-order valence-corrected chi connectivity index (χ3v) is 4.62. The molecule has 3 rings (SSSR count). The maximum Gasteiger partial charge on any atom is 0.194 e. The standard InChI is InChI=1S/C23H23ClN2O3/c1-3-4-12-25-21-13-17(14-26-21)22(27)19-6-5-7-20(23(19)28-2)29-15-16-8-10-18(24)11-9-16/h4-12,14H,3,13,15H2,1-2H3,(H,25,26)/b12-4-. The van der Waals surface area contributed by atoms with Gasteiger partial charge in [-0.1, -0.05) is 42.8 Å². The molecule has 29 heavy (non-hydrogen) atoms. The van der Waals surface area contributed by atoms with Gasteiger partial charge in [-0.3, -0.25) is 4.79 Å². The Morgan fingerprint density at radius 3 is 2.76 bits per heavy atom. The highest BCUT2D eigenvalue weighted by molar-refractivity contribution is 6.30. The Bertz CT molecular complexity index is 963. The number of halogens is 1. The van der Waals surface area contributed by atoms with Crippen molar-refractivity contribution in [1.82, 2.24) is 5.32 Å². The van der Waals surface area contributed by atoms with Gasteiger partial charge in [-0.15, -0.1) is 0 Å². The smallest absolute Gasteiger partial charge is 0.194 e. The van der Waals surface area contributed by atoms with Crippen LogP contribution in [0.25, 0.3) is 0 Å². The van der Waals surface area contributed by atoms with Crippen molar-refractivity contribution < 1.29 is 14.3 Å². The molecule has 0 radical (unpaired) electrons. The highest BCUT2D eigenvalue weighted by atomic mass is 35.5. The summed E-state index contributed by atoms with van der Waals surface area (Å²) in [6.45, 7) is 2.39. The summed E-state index contributed by atoms with van der Waals surface area (Å²) in [5, 5.41) is 3.72. The lowest BCUT2D eigenvalue weighted by molar-refractivity contribution is 0.102. The summed E-state index contributed by atoms with van der Waals surface area (Å²) in [6, 6.07) is 12.7. The van der Waals surface area contributed by atoms with Crippen LogP contribution in [-0.4, -0.2) is 18.7 Å². The van der Waals surface area contributed by atoms with Crippen LogP contribution < -0.4 is 14.8 Å². The second-order valence-electron chi connectivity index (χ2n) is 6.44. The van der Waals surface area contributed by atoms with Crippen LogP contribution in [0.3, 0.4) is 0 Å². The molecule has 1 heterocycles. The zero-order valence-electron chi connectivity index (χ0n) is 16.4. The van der Waals surface area contributed by atoms with Crippen molar-refractivity contribution in [3.63, 3.8) is 0 Å². The second kappa shape index (κ2) is 9.94. The Balaban J connectivity index is 1.75. The molecule has 0 saturated heterocycles. The van der Waals surface area contributed by atoms with Crippen LogP contribution in [0.5, 0.6) is 11.5 Å². The van der Waals surface area contributed by atoms with E-state index in [1.807, 2.05) is 37.3 Å². The van der Waals surface area contributed by atoms with Gasteiger partial charge in [-0.25, -0.2) is 4.99 Å². The highest BCUT2D eigenvalue weighted by Gasteiger charge is 2.23. The van der Waals surface area contributed by atoms with Crippen molar-refractivity contribution in [1.29, 1.82) is 0 Å². The number of aliphatic imine (C=N–C) groups is 1. The molecule has 0 fully saturated rings. The van der Waals surface area contributed by atoms with Gasteiger partial charge in [0.05, 0.1) is 12.7 Å². The van der Waals surface area contributed by atoms with E-state index < -0.39 is 0 Å². The molecule has 1 aliphatic heterocycles. The lowest BCUT2D eigenvalue weighted by atomic mass is 10.0. The molecule has 0 aromatic heterocycles. The number of hydrogen-bond acceptors (Lipinski definition) is 4. The quantitative estimate of drug-likeness (QED) is 0.599. The SMILES string of the molecule is CC/C=C\N=C1/CC(C(=O)c2cccc(OCc3ccc(Cl)cc3)c2OC)=CN1. The molecule has 6 heteroatoms. The fourth-order valence-corrected chi connectivity index (χ4v) is 2.99. The van der Waals surface area contributed by atoms with E-state index in [0.717, 1.165) is 17.8 Å². The minimum atomic E-state index is -0.115. The molecule has 2 aromatic rings. The minimum absolute atomic E-state index is 0.115. The lowest BCUT2D eigenvalue weighted by Crippen LogP contribution is -2.10. The number of Topliss-reactive ketones (excluding diaryl/α,β-unsaturated/α-hetero) is 1. The van der Waals surface area contributed by atoms with Crippen LogP contribution in [-0.2, 0) is 6.61 Å². The summed E-state index contributed by atoms with van der Waals surface area (Å²) in [4.78, 5) is 17.4. The van der Waals surface area contributed by atoms with Gasteiger partial charge in [0.2, 0.25) is 0 Å². The molecule has 0 atom stereocenters. The molecule has 0 spiro atoms. The number of allylic oxidation sites excluding steroid dienone is 1. The summed E-state index contributed by atoms with van der Waals surface area (Å²) in [5.41, 5.74) is 2.05. The van der Waals surface area contributed by atoms with Gasteiger partial charge in [-0.2, -0.15) is 0 Å². The van der Waals surface area contributed by atoms with Crippen molar-refractivity contribution >= 4 is 23.2 Å². The number of rotatable bonds is 8. The van der Waals surface area contributed by atoms with E-state index in [1.54, 1.807) is 30.6 Å². The Morgan fingerprint density at radius 2 is 2.03 bits per heavy atom. The van der Waals surface area contributed by atoms with Crippen molar-refractivity contribution in [2.75, 3.05) is 7.11 Å². The zero-order chi connectivity index (χ0) is 20.6. The third-order valence-electron chi connectivity index (χ3n) is 4.37. The van der Waals surface area contributed by atoms with Crippen LogP contribution in [0.1, 0.15) is 35.7 Å². The van der Waals surface area contributed by atoms with Gasteiger partial charge in [0.25, 0.3) is 0 Å². The van der Waals surface area contributed by atoms with Gasteiger partial charge < -0.3 is 14.8 Å². The van der Waals surface area contributed by atoms with Gasteiger partial charge in [0.1, 0.15) is 12.4 Å². The van der Waals surface area contributed by atoms with E-state index in [0.29, 0.717) is 40.7 Å². The summed E-state index contributed by atoms with van der Waals surface area (Å²) in [7, 11) is 1.53. The Morgan fingerprint density at radius 1 is 1.24 bits per heavy atom. The number of carbonyl (C=O) groups is 1. The summed E-state index contributed by atoms with van der Waals surface area (Å²) in [5.74, 6) is 1.56. The maximum atomic E-state index is 13.0. The van der Waals surface area contributed by atoms with Gasteiger partial charge in [0.15, 0.2) is 17.3 Å². The summed E-state index contributed by atoms with van der Waals surface area (Å²) < 4.78 is 11.4. The van der Waals surface area contributed by atoms with E-state index in [2.05, 4.69) is 10.3 Å². The van der Waals surface area contributed by atoms with Crippen molar-refractivity contribution in [2.45, 2.75) is 26.4 Å². The van der Waals surface area contributed by atoms with Crippen LogP contribution in [0.4, 0.5) is 0 Å². The van der Waals surface area contributed by atoms with Crippen LogP contribution in [0, 0.1) is 0 Å². The Labute approximate surface area is 175 Å². The number of methoxy groups -OCH3 is 1. The molecule has 0 saturated carbocycles. The number of ketones is 1. The molecule has 1 N–H and O–H groups in total. The first-order valence-corrected chi connectivity index (χ1v) is 9.76. The first-order valence-electron chi connectivity index (χ1n) is 9.38. The monoisotopic (exact) mass is 410 g/mol. The van der Waals surface area contributed by atoms with Crippen molar-refractivity contribution in [2.24, 2.45) is 4.99 Å². The molecule has 150 valence electrons. The van der Waals surface area contributed by atoms with Crippen LogP contribution >= 0.6 is 11.6 Å². The lowest BCUT2D eigenvalue weighted by Gasteiger charge is -2.14. The number of nitrogens with one attached hydrogen (secondary N) is 1. The third kappa shape index (κ3) is 5.27. The molecule has 2 aromatic carbocycles. The molecular formula is C23H23ClN2O3. The molecular weight excluding hydrogens is 388 g/mol. The van der Waals surface area contributed by atoms with Crippen molar-refractivity contribution in [3.05, 3.63) is 82.7 Å². The van der Waals surface area contributed by atoms with E-state index >= 15 is 0 Å². The summed E-state index contributed by atoms with van der Waals surface area (Å²) >= 11 is 5.92. The molecule has 0 bridgehead atoms. The molecule has 0 aliphatic carbocycles. The number of ether oxygens (including phenoxy) is 2. The van der Waals surface area contributed by atoms with E-state index in [9.17, 15) is 4.79 Å². The minimum Gasteiger partial charge on any atom is -0.492 e. The molecule has 5 nitrogen and oxygen atoms in total. The van der Waals surface area contributed by atoms with E-state index in [-0.39, 0.29) is 5.78 Å². The average Bonchev–Trinajstić information content (AvgIpc) is 3.21. The zero-order valence-corrected chi connectivity index (χ0v) is 17.2. The fraction of sp³-hybridized carbons (Fsp3) is 0.217. The first kappa shape index (κ1) is 20.7. The normalized spacial score (nSPS) is 14.7. The first-order chi connectivity index (χ1) is 14.1. The topological polar surface area (TPSA) is 59.9 Å². The second-order valence-corrected chi connectivity index (χ2v) is 6.88. The Hall–Kier alpha value is -3.05. The number of hydrogen-bond donors (Lipinski definition) is 1. The Kier molecular flexibility index (Phi) is 7.09. The maximum absolute atomic E-state index is 13.0. The average molecular weight is 411 g/mol. The number of benzene rings is 2. The van der Waals surface area contributed by atoms with Crippen molar-refractivity contribution in [3.8, 4) is 11.5 Å².